The average molecular weight is 549 g/mol. The van der Waals surface area contributed by atoms with Gasteiger partial charge in [-0.15, -0.1) is 0 Å². The molecule has 3 N–H and O–H groups in total. The van der Waals surface area contributed by atoms with Crippen molar-refractivity contribution in [2.75, 3.05) is 24.4 Å². The number of benzene rings is 3. The third-order valence-corrected chi connectivity index (χ3v) is 5.08. The molecule has 38 heavy (non-hydrogen) atoms. The van der Waals surface area contributed by atoms with Crippen molar-refractivity contribution < 1.29 is 37.0 Å². The minimum absolute atomic E-state index is 0.255. The molecule has 0 aromatic heterocycles. The van der Waals surface area contributed by atoms with Crippen LogP contribution in [0, 0.1) is 0 Å². The molecular formula is C25H20ClF3N4O5. The highest BCUT2D eigenvalue weighted by atomic mass is 35.5. The first kappa shape index (κ1) is 28.0. The van der Waals surface area contributed by atoms with Crippen LogP contribution in [0.1, 0.15) is 11.1 Å². The van der Waals surface area contributed by atoms with E-state index in [0.29, 0.717) is 28.8 Å². The molecule has 3 amide bonds. The summed E-state index contributed by atoms with van der Waals surface area (Å²) in [5, 5.41) is 7.82. The van der Waals surface area contributed by atoms with Gasteiger partial charge in [0.1, 0.15) is 11.5 Å². The third kappa shape index (κ3) is 7.96. The number of nitrogens with zero attached hydrogens (tertiary/aromatic N) is 1. The van der Waals surface area contributed by atoms with Gasteiger partial charge in [-0.2, -0.15) is 18.3 Å². The van der Waals surface area contributed by atoms with Gasteiger partial charge in [-0.3, -0.25) is 14.4 Å². The Morgan fingerprint density at radius 3 is 2.37 bits per heavy atom. The van der Waals surface area contributed by atoms with Crippen LogP contribution in [0.2, 0.25) is 5.02 Å². The van der Waals surface area contributed by atoms with Gasteiger partial charge in [0.2, 0.25) is 0 Å². The van der Waals surface area contributed by atoms with Crippen LogP contribution in [-0.4, -0.2) is 37.7 Å². The number of alkyl halides is 3. The van der Waals surface area contributed by atoms with Crippen molar-refractivity contribution in [2.45, 2.75) is 6.18 Å². The fourth-order valence-electron chi connectivity index (χ4n) is 2.96. The number of ether oxygens (including phenoxy) is 2. The number of para-hydroxylation sites is 2. The van der Waals surface area contributed by atoms with Crippen LogP contribution in [0.4, 0.5) is 24.5 Å². The molecule has 3 aromatic rings. The Labute approximate surface area is 219 Å². The van der Waals surface area contributed by atoms with Crippen molar-refractivity contribution in [2.24, 2.45) is 5.10 Å². The zero-order valence-electron chi connectivity index (χ0n) is 19.6. The first-order valence-corrected chi connectivity index (χ1v) is 11.1. The largest absolute Gasteiger partial charge is 0.495 e. The maximum absolute atomic E-state index is 12.9. The average Bonchev–Trinajstić information content (AvgIpc) is 2.89. The molecule has 3 rings (SSSR count). The van der Waals surface area contributed by atoms with Crippen LogP contribution in [0.3, 0.4) is 0 Å². The number of carbonyl (C=O) groups is 3. The number of methoxy groups -OCH3 is 1. The third-order valence-electron chi connectivity index (χ3n) is 4.75. The summed E-state index contributed by atoms with van der Waals surface area (Å²) in [6.45, 7) is -0.255. The second-order valence-corrected chi connectivity index (χ2v) is 7.86. The van der Waals surface area contributed by atoms with Crippen LogP contribution < -0.4 is 25.5 Å². The maximum atomic E-state index is 12.9. The summed E-state index contributed by atoms with van der Waals surface area (Å²) < 4.78 is 49.4. The van der Waals surface area contributed by atoms with E-state index >= 15 is 0 Å². The van der Waals surface area contributed by atoms with E-state index in [1.54, 1.807) is 48.5 Å². The molecule has 0 heterocycles. The molecular weight excluding hydrogens is 529 g/mol. The smallest absolute Gasteiger partial charge is 0.417 e. The highest BCUT2D eigenvalue weighted by molar-refractivity contribution is 6.39. The van der Waals surface area contributed by atoms with Gasteiger partial charge in [0, 0.05) is 5.69 Å². The second-order valence-electron chi connectivity index (χ2n) is 7.45. The minimum Gasteiger partial charge on any atom is -0.495 e. The normalized spacial score (nSPS) is 11.1. The number of halogens is 4. The van der Waals surface area contributed by atoms with Crippen molar-refractivity contribution in [3.63, 3.8) is 0 Å². The molecule has 13 heteroatoms. The Hall–Kier alpha value is -4.58. The Morgan fingerprint density at radius 2 is 1.68 bits per heavy atom. The van der Waals surface area contributed by atoms with Crippen molar-refractivity contribution in [3.05, 3.63) is 82.9 Å². The lowest BCUT2D eigenvalue weighted by atomic mass is 10.2. The highest BCUT2D eigenvalue weighted by Crippen LogP contribution is 2.36. The van der Waals surface area contributed by atoms with Crippen LogP contribution in [0.15, 0.2) is 71.8 Å². The van der Waals surface area contributed by atoms with E-state index in [9.17, 15) is 27.6 Å². The van der Waals surface area contributed by atoms with E-state index in [0.717, 1.165) is 12.1 Å². The molecule has 0 aliphatic rings. The lowest BCUT2D eigenvalue weighted by molar-refractivity contribution is -0.137. The number of anilines is 2. The van der Waals surface area contributed by atoms with Gasteiger partial charge in [-0.1, -0.05) is 23.7 Å². The summed E-state index contributed by atoms with van der Waals surface area (Å²) >= 11 is 5.53. The van der Waals surface area contributed by atoms with Gasteiger partial charge in [-0.25, -0.2) is 5.43 Å². The fraction of sp³-hybridized carbons (Fsp3) is 0.120. The predicted molar refractivity (Wildman–Crippen MR) is 134 cm³/mol. The van der Waals surface area contributed by atoms with E-state index in [2.05, 4.69) is 10.4 Å². The number of hydrogen-bond acceptors (Lipinski definition) is 6. The summed E-state index contributed by atoms with van der Waals surface area (Å²) in [5.41, 5.74) is 1.57. The van der Waals surface area contributed by atoms with Crippen molar-refractivity contribution in [3.8, 4) is 11.5 Å². The molecule has 0 spiro atoms. The fourth-order valence-corrected chi connectivity index (χ4v) is 3.18. The van der Waals surface area contributed by atoms with Gasteiger partial charge in [-0.05, 0) is 60.2 Å². The highest BCUT2D eigenvalue weighted by Gasteiger charge is 2.33. The predicted octanol–water partition coefficient (Wildman–Crippen LogP) is 4.47. The molecule has 198 valence electrons. The zero-order chi connectivity index (χ0) is 27.7. The summed E-state index contributed by atoms with van der Waals surface area (Å²) in [6.07, 6.45) is -3.50. The number of amides is 3. The lowest BCUT2D eigenvalue weighted by Crippen LogP contribution is -2.32. The van der Waals surface area contributed by atoms with Crippen molar-refractivity contribution in [1.29, 1.82) is 0 Å². The quantitative estimate of drug-likeness (QED) is 0.218. The Bertz CT molecular complexity index is 1350. The number of hydrazone groups is 1. The standard InChI is InChI=1S/C25H20ClF3N4O5/c1-37-21-5-3-2-4-20(21)32-22(34)14-38-17-9-6-15(7-10-17)13-30-33-24(36)23(35)31-16-8-11-19(26)18(12-16)25(27,28)29/h2-13H,14H2,1H3,(H,31,35)(H,32,34)(H,33,36)/b30-13-. The molecule has 0 aliphatic carbocycles. The van der Waals surface area contributed by atoms with Crippen LogP contribution in [-0.2, 0) is 20.6 Å². The Kier molecular flexibility index (Phi) is 9.28. The molecule has 0 atom stereocenters. The van der Waals surface area contributed by atoms with Gasteiger partial charge in [0.25, 0.3) is 5.91 Å². The first-order chi connectivity index (χ1) is 18.1. The number of hydrogen-bond donors (Lipinski definition) is 3. The maximum Gasteiger partial charge on any atom is 0.417 e. The van der Waals surface area contributed by atoms with E-state index in [1.165, 1.54) is 13.3 Å². The first-order valence-electron chi connectivity index (χ1n) is 10.7. The van der Waals surface area contributed by atoms with Crippen molar-refractivity contribution >= 4 is 46.9 Å². The van der Waals surface area contributed by atoms with Crippen LogP contribution >= 0.6 is 11.6 Å². The number of nitrogens with one attached hydrogen (secondary N) is 3. The van der Waals surface area contributed by atoms with Crippen molar-refractivity contribution in [1.82, 2.24) is 5.43 Å². The van der Waals surface area contributed by atoms with E-state index in [4.69, 9.17) is 21.1 Å². The molecule has 0 unspecified atom stereocenters. The molecule has 0 fully saturated rings. The second kappa shape index (κ2) is 12.6. The van der Waals surface area contributed by atoms with Gasteiger partial charge in [0.15, 0.2) is 6.61 Å². The van der Waals surface area contributed by atoms with Crippen LogP contribution in [0.25, 0.3) is 0 Å². The van der Waals surface area contributed by atoms with E-state index in [1.807, 2.05) is 10.7 Å². The lowest BCUT2D eigenvalue weighted by Gasteiger charge is -2.11. The Morgan fingerprint density at radius 1 is 0.974 bits per heavy atom. The molecule has 0 bridgehead atoms. The monoisotopic (exact) mass is 548 g/mol. The van der Waals surface area contributed by atoms with Gasteiger partial charge in [0.05, 0.1) is 29.6 Å². The van der Waals surface area contributed by atoms with E-state index in [-0.39, 0.29) is 12.3 Å². The molecule has 0 aliphatic heterocycles. The Balaban J connectivity index is 1.47. The summed E-state index contributed by atoms with van der Waals surface area (Å²) in [5.74, 6) is -1.93. The summed E-state index contributed by atoms with van der Waals surface area (Å²) in [6, 6.07) is 15.9. The summed E-state index contributed by atoms with van der Waals surface area (Å²) in [7, 11) is 1.49. The van der Waals surface area contributed by atoms with Gasteiger partial charge < -0.3 is 20.1 Å². The molecule has 0 saturated heterocycles. The zero-order valence-corrected chi connectivity index (χ0v) is 20.4. The topological polar surface area (TPSA) is 118 Å². The van der Waals surface area contributed by atoms with Gasteiger partial charge >= 0.3 is 18.0 Å². The van der Waals surface area contributed by atoms with E-state index < -0.39 is 34.5 Å². The molecule has 0 radical (unpaired) electrons. The SMILES string of the molecule is COc1ccccc1NC(=O)COc1ccc(/C=N\NC(=O)C(=O)Nc2ccc(Cl)c(C(F)(F)F)c2)cc1. The number of rotatable bonds is 8. The molecule has 0 saturated carbocycles. The summed E-state index contributed by atoms with van der Waals surface area (Å²) in [4.78, 5) is 36.0. The van der Waals surface area contributed by atoms with Crippen LogP contribution in [0.5, 0.6) is 11.5 Å². The minimum atomic E-state index is -4.73. The number of carbonyl (C=O) groups excluding carboxylic acids is 3. The molecule has 3 aromatic carbocycles. The molecule has 9 nitrogen and oxygen atoms in total.